The summed E-state index contributed by atoms with van der Waals surface area (Å²) in [6.45, 7) is 1.76. The van der Waals surface area contributed by atoms with Crippen molar-refractivity contribution in [2.45, 2.75) is 19.5 Å². The van der Waals surface area contributed by atoms with Crippen LogP contribution >= 0.6 is 23.2 Å². The lowest BCUT2D eigenvalue weighted by Gasteiger charge is -2.22. The molecule has 0 aromatic heterocycles. The van der Waals surface area contributed by atoms with Crippen LogP contribution in [0.25, 0.3) is 0 Å². The van der Waals surface area contributed by atoms with Crippen molar-refractivity contribution < 1.29 is 14.4 Å². The maximum absolute atomic E-state index is 13.3. The quantitative estimate of drug-likeness (QED) is 0.505. The third-order valence-corrected chi connectivity index (χ3v) is 6.64. The van der Waals surface area contributed by atoms with Crippen LogP contribution in [0.1, 0.15) is 34.0 Å². The highest BCUT2D eigenvalue weighted by Crippen LogP contribution is 2.28. The van der Waals surface area contributed by atoms with Crippen LogP contribution in [0, 0.1) is 5.92 Å². The molecule has 2 atom stereocenters. The zero-order valence-corrected chi connectivity index (χ0v) is 21.2. The first kappa shape index (κ1) is 25.4. The van der Waals surface area contributed by atoms with E-state index in [1.807, 2.05) is 24.3 Å². The van der Waals surface area contributed by atoms with Crippen molar-refractivity contribution >= 4 is 52.3 Å². The number of hydrogen-bond donors (Lipinski definition) is 2. The number of amides is 3. The van der Waals surface area contributed by atoms with Crippen LogP contribution in [-0.4, -0.2) is 36.6 Å². The molecule has 3 aromatic carbocycles. The van der Waals surface area contributed by atoms with Crippen molar-refractivity contribution in [2.24, 2.45) is 16.6 Å². The highest BCUT2D eigenvalue weighted by atomic mass is 35.5. The molecule has 0 bridgehead atoms. The van der Waals surface area contributed by atoms with E-state index >= 15 is 0 Å². The van der Waals surface area contributed by atoms with E-state index in [1.165, 1.54) is 4.90 Å². The molecule has 1 aliphatic heterocycles. The highest BCUT2D eigenvalue weighted by molar-refractivity contribution is 6.35. The van der Waals surface area contributed by atoms with Crippen molar-refractivity contribution in [1.29, 1.82) is 0 Å². The Balaban J connectivity index is 1.66. The van der Waals surface area contributed by atoms with Crippen molar-refractivity contribution in [3.05, 3.63) is 99.0 Å². The van der Waals surface area contributed by atoms with Crippen LogP contribution in [0.15, 0.2) is 71.7 Å². The number of halogens is 2. The van der Waals surface area contributed by atoms with Gasteiger partial charge in [-0.15, -0.1) is 0 Å². The number of hydrogen-bond acceptors (Lipinski definition) is 4. The average Bonchev–Trinajstić information content (AvgIpc) is 2.96. The predicted octanol–water partition coefficient (Wildman–Crippen LogP) is 4.23. The molecule has 4 rings (SSSR count). The van der Waals surface area contributed by atoms with Gasteiger partial charge in [0.05, 0.1) is 11.4 Å². The maximum atomic E-state index is 13.3. The minimum atomic E-state index is -1.15. The minimum absolute atomic E-state index is 0.342. The minimum Gasteiger partial charge on any atom is -0.366 e. The summed E-state index contributed by atoms with van der Waals surface area (Å²) >= 11 is 12.2. The third kappa shape index (κ3) is 5.27. The zero-order chi connectivity index (χ0) is 26.0. The van der Waals surface area contributed by atoms with Gasteiger partial charge in [-0.25, -0.2) is 4.99 Å². The van der Waals surface area contributed by atoms with Crippen LogP contribution in [-0.2, 0) is 16.0 Å². The summed E-state index contributed by atoms with van der Waals surface area (Å²) in [6, 6.07) is 19.1. The van der Waals surface area contributed by atoms with Crippen molar-refractivity contribution in [2.75, 3.05) is 11.9 Å². The van der Waals surface area contributed by atoms with Crippen LogP contribution in [0.2, 0.25) is 10.0 Å². The van der Waals surface area contributed by atoms with Gasteiger partial charge in [-0.2, -0.15) is 0 Å². The summed E-state index contributed by atoms with van der Waals surface area (Å²) in [5.74, 6) is -1.75. The Labute approximate surface area is 218 Å². The van der Waals surface area contributed by atoms with E-state index < -0.39 is 18.0 Å². The molecule has 1 aliphatic rings. The van der Waals surface area contributed by atoms with E-state index in [2.05, 4.69) is 10.3 Å². The molecular weight excluding hydrogens is 499 g/mol. The number of aliphatic imine (C=N–C) groups is 1. The van der Waals surface area contributed by atoms with Gasteiger partial charge < -0.3 is 16.0 Å². The summed E-state index contributed by atoms with van der Waals surface area (Å²) in [5.41, 5.74) is 9.07. The number of likely N-dealkylation sites (N-methyl/N-ethyl adjacent to an activating group) is 1. The first-order chi connectivity index (χ1) is 17.2. The lowest BCUT2D eigenvalue weighted by Crippen LogP contribution is -2.47. The van der Waals surface area contributed by atoms with Gasteiger partial charge in [0.25, 0.3) is 5.91 Å². The first-order valence-electron chi connectivity index (χ1n) is 11.2. The largest absolute Gasteiger partial charge is 0.366 e. The van der Waals surface area contributed by atoms with Crippen molar-refractivity contribution in [3.63, 3.8) is 0 Å². The Bertz CT molecular complexity index is 1370. The molecule has 9 heteroatoms. The summed E-state index contributed by atoms with van der Waals surface area (Å²) in [6.07, 6.45) is -0.784. The third-order valence-electron chi connectivity index (χ3n) is 6.05. The predicted molar refractivity (Wildman–Crippen MR) is 142 cm³/mol. The molecule has 184 valence electrons. The fourth-order valence-electron chi connectivity index (χ4n) is 4.03. The molecule has 3 aromatic rings. The summed E-state index contributed by atoms with van der Waals surface area (Å²) < 4.78 is 0. The highest BCUT2D eigenvalue weighted by Gasteiger charge is 2.32. The molecule has 1 heterocycles. The number of benzodiazepines with no additional fused rings is 1. The van der Waals surface area contributed by atoms with Crippen LogP contribution in [0.3, 0.4) is 0 Å². The molecule has 3 N–H and O–H groups in total. The van der Waals surface area contributed by atoms with Crippen LogP contribution in [0.4, 0.5) is 5.69 Å². The molecular formula is C27H24Cl2N4O3. The Morgan fingerprint density at radius 2 is 1.78 bits per heavy atom. The number of carbonyl (C=O) groups is 3. The van der Waals surface area contributed by atoms with E-state index in [0.717, 1.165) is 11.1 Å². The number of nitrogens with one attached hydrogen (secondary N) is 1. The maximum Gasteiger partial charge on any atom is 0.272 e. The summed E-state index contributed by atoms with van der Waals surface area (Å²) in [4.78, 5) is 44.1. The molecule has 3 amide bonds. The second-order valence-electron chi connectivity index (χ2n) is 8.59. The van der Waals surface area contributed by atoms with E-state index in [9.17, 15) is 14.4 Å². The van der Waals surface area contributed by atoms with Gasteiger partial charge in [-0.05, 0) is 42.3 Å². The van der Waals surface area contributed by atoms with Crippen molar-refractivity contribution in [1.82, 2.24) is 5.32 Å². The second kappa shape index (κ2) is 10.5. The van der Waals surface area contributed by atoms with E-state index in [0.29, 0.717) is 39.0 Å². The van der Waals surface area contributed by atoms with Gasteiger partial charge in [0.15, 0.2) is 0 Å². The molecule has 0 fully saturated rings. The molecule has 7 nitrogen and oxygen atoms in total. The SMILES string of the molecule is C[C@@H](Cc1ccc(Cl)cc1Cl)C(=O)N[C@@H]1N=C(c2ccc(C(N)=O)cc2)c2ccccc2N(C)C1=O. The Hall–Kier alpha value is -3.68. The molecule has 0 radical (unpaired) electrons. The number of benzene rings is 3. The van der Waals surface area contributed by atoms with Crippen LogP contribution < -0.4 is 16.0 Å². The summed E-state index contributed by atoms with van der Waals surface area (Å²) in [5, 5.41) is 3.78. The van der Waals surface area contributed by atoms with E-state index in [1.54, 1.807) is 56.4 Å². The number of anilines is 1. The van der Waals surface area contributed by atoms with E-state index in [-0.39, 0.29) is 11.8 Å². The number of nitrogens with two attached hydrogens (primary N) is 1. The smallest absolute Gasteiger partial charge is 0.272 e. The first-order valence-corrected chi connectivity index (χ1v) is 12.0. The fraction of sp³-hybridized carbons (Fsp3) is 0.185. The number of primary amides is 1. The van der Waals surface area contributed by atoms with Gasteiger partial charge in [0, 0.05) is 39.7 Å². The molecule has 0 aliphatic carbocycles. The normalized spacial score (nSPS) is 16.0. The second-order valence-corrected chi connectivity index (χ2v) is 9.43. The van der Waals surface area contributed by atoms with Gasteiger partial charge in [0.1, 0.15) is 0 Å². The summed E-state index contributed by atoms with van der Waals surface area (Å²) in [7, 11) is 1.64. The zero-order valence-electron chi connectivity index (χ0n) is 19.7. The van der Waals surface area contributed by atoms with Gasteiger partial charge in [0.2, 0.25) is 18.0 Å². The number of fused-ring (bicyclic) bond motifs is 1. The number of carbonyl (C=O) groups excluding carboxylic acids is 3. The molecule has 0 saturated carbocycles. The van der Waals surface area contributed by atoms with Crippen LogP contribution in [0.5, 0.6) is 0 Å². The molecule has 36 heavy (non-hydrogen) atoms. The molecule has 0 spiro atoms. The van der Waals surface area contributed by atoms with E-state index in [4.69, 9.17) is 28.9 Å². The Morgan fingerprint density at radius 1 is 1.08 bits per heavy atom. The van der Waals surface area contributed by atoms with Gasteiger partial charge in [-0.3, -0.25) is 14.4 Å². The average molecular weight is 523 g/mol. The Kier molecular flexibility index (Phi) is 7.43. The fourth-order valence-corrected chi connectivity index (χ4v) is 4.51. The monoisotopic (exact) mass is 522 g/mol. The molecule has 0 saturated heterocycles. The molecule has 0 unspecified atom stereocenters. The van der Waals surface area contributed by atoms with Crippen molar-refractivity contribution in [3.8, 4) is 0 Å². The van der Waals surface area contributed by atoms with Gasteiger partial charge in [-0.1, -0.05) is 66.5 Å². The number of nitrogens with zero attached hydrogens (tertiary/aromatic N) is 2. The number of para-hydroxylation sites is 1. The Morgan fingerprint density at radius 3 is 2.44 bits per heavy atom. The van der Waals surface area contributed by atoms with Gasteiger partial charge >= 0.3 is 0 Å². The number of rotatable bonds is 6. The topological polar surface area (TPSA) is 105 Å². The standard InChI is InChI=1S/C27H24Cl2N4O3/c1-15(13-18-11-12-19(28)14-21(18)29)26(35)32-25-27(36)33(2)22-6-4-3-5-20(22)23(31-25)16-7-9-17(10-8-16)24(30)34/h3-12,14-15,25H,13H2,1-2H3,(H2,30,34)(H,32,35)/t15-,25-/m0/s1. The lowest BCUT2D eigenvalue weighted by molar-refractivity contribution is -0.129. The lowest BCUT2D eigenvalue weighted by atomic mass is 9.99.